The van der Waals surface area contributed by atoms with E-state index in [-0.39, 0.29) is 15.5 Å². The highest BCUT2D eigenvalue weighted by atomic mass is 19.3. The van der Waals surface area contributed by atoms with Crippen molar-refractivity contribution >= 4 is 16.8 Å². The number of fused-ring (bicyclic) bond motifs is 1. The molecule has 1 aromatic heterocycles. The highest BCUT2D eigenvalue weighted by molar-refractivity contribution is 5.86. The normalized spacial score (nSPS) is 16.3. The van der Waals surface area contributed by atoms with Crippen molar-refractivity contribution in [1.82, 2.24) is 4.57 Å². The van der Waals surface area contributed by atoms with E-state index < -0.39 is 60.2 Å². The molecule has 0 aliphatic carbocycles. The molecule has 1 heterocycles. The van der Waals surface area contributed by atoms with Gasteiger partial charge in [0.25, 0.3) is 5.56 Å². The van der Waals surface area contributed by atoms with Crippen LogP contribution in [0.15, 0.2) is 29.1 Å². The first-order chi connectivity index (χ1) is 12.6. The summed E-state index contributed by atoms with van der Waals surface area (Å²) >= 11 is 0. The van der Waals surface area contributed by atoms with Gasteiger partial charge in [-0.2, -0.15) is 8.78 Å². The lowest BCUT2D eigenvalue weighted by molar-refractivity contribution is -0.128. The van der Waals surface area contributed by atoms with Gasteiger partial charge < -0.3 is 26.2 Å². The second kappa shape index (κ2) is 8.05. The molecule has 0 aliphatic heterocycles. The highest BCUT2D eigenvalue weighted by Crippen LogP contribution is 2.28. The maximum atomic E-state index is 13.9. The summed E-state index contributed by atoms with van der Waals surface area (Å²) in [6.07, 6.45) is -5.81. The van der Waals surface area contributed by atoms with E-state index in [4.69, 9.17) is 10.8 Å². The lowest BCUT2D eigenvalue weighted by atomic mass is 9.87. The number of carbonyl (C=O) groups excluding carboxylic acids is 1. The fourth-order valence-electron chi connectivity index (χ4n) is 2.78. The van der Waals surface area contributed by atoms with Gasteiger partial charge in [-0.25, -0.2) is 4.39 Å². The fraction of sp³-hybridized carbons (Fsp3) is 0.375. The quantitative estimate of drug-likeness (QED) is 0.418. The summed E-state index contributed by atoms with van der Waals surface area (Å²) in [6.45, 7) is -4.24. The monoisotopic (exact) mass is 389 g/mol. The minimum Gasteiger partial charge on any atom is -0.394 e. The van der Waals surface area contributed by atoms with Crippen LogP contribution in [-0.2, 0) is 4.79 Å². The van der Waals surface area contributed by atoms with Crippen LogP contribution in [0.4, 0.5) is 13.2 Å². The number of hydrogen-bond acceptors (Lipinski definition) is 6. The van der Waals surface area contributed by atoms with E-state index in [1.165, 1.54) is 0 Å². The summed E-state index contributed by atoms with van der Waals surface area (Å²) in [6, 6.07) is 3.36. The van der Waals surface area contributed by atoms with Gasteiger partial charge in [0.15, 0.2) is 0 Å². The Bertz CT molecular complexity index is 904. The van der Waals surface area contributed by atoms with Gasteiger partial charge in [-0.15, -0.1) is 0 Å². The van der Waals surface area contributed by atoms with Crippen molar-refractivity contribution in [3.63, 3.8) is 0 Å². The number of rotatable bonds is 7. The Balaban J connectivity index is 2.66. The van der Waals surface area contributed by atoms with Crippen LogP contribution >= 0.6 is 0 Å². The van der Waals surface area contributed by atoms with Crippen LogP contribution in [0.3, 0.4) is 0 Å². The third-order valence-corrected chi connectivity index (χ3v) is 4.16. The Kier molecular flexibility index (Phi) is 6.21. The molecule has 1 amide bonds. The number of hydrogen-bond donors (Lipinski definition) is 5. The van der Waals surface area contributed by atoms with E-state index in [0.717, 1.165) is 18.2 Å². The van der Waals surface area contributed by atoms with Crippen molar-refractivity contribution in [2.75, 3.05) is 6.61 Å². The molecule has 6 N–H and O–H groups in total. The maximum absolute atomic E-state index is 13.9. The zero-order valence-corrected chi connectivity index (χ0v) is 13.7. The van der Waals surface area contributed by atoms with Crippen LogP contribution in [0.2, 0.25) is 0 Å². The molecule has 0 saturated heterocycles. The van der Waals surface area contributed by atoms with Gasteiger partial charge in [-0.05, 0) is 17.7 Å². The number of halogens is 3. The molecule has 0 unspecified atom stereocenters. The summed E-state index contributed by atoms with van der Waals surface area (Å²) in [5.41, 5.74) is 3.13. The first kappa shape index (κ1) is 20.8. The molecule has 2 rings (SSSR count). The molecule has 4 atom stereocenters. The van der Waals surface area contributed by atoms with Crippen molar-refractivity contribution in [1.29, 1.82) is 0 Å². The molecular formula is C16H17F3N2O6. The number of benzene rings is 1. The second-order valence-electron chi connectivity index (χ2n) is 5.87. The van der Waals surface area contributed by atoms with Crippen LogP contribution in [0.5, 0.6) is 0 Å². The van der Waals surface area contributed by atoms with E-state index in [9.17, 15) is 38.1 Å². The molecule has 0 fully saturated rings. The minimum absolute atomic E-state index is 0.00858. The first-order valence-electron chi connectivity index (χ1n) is 7.67. The van der Waals surface area contributed by atoms with Crippen LogP contribution in [-0.4, -0.2) is 55.8 Å². The largest absolute Gasteiger partial charge is 0.394 e. The standard InChI is InChI=1S/C16H17F3N2O6/c17-8-4-11(24)21(16(18)19)9-3-6(1-2-7(8)9)12(15(20)27)14(26)13(25)10(23)5-22/h1-4,10,12-14,16,22-23,25-26H,5H2,(H2,20,27)/t10-,12-,13-,14-/m1/s1/i17-1. The third kappa shape index (κ3) is 3.95. The molecule has 0 bridgehead atoms. The summed E-state index contributed by atoms with van der Waals surface area (Å²) in [5, 5.41) is 37.9. The Morgan fingerprint density at radius 3 is 2.30 bits per heavy atom. The van der Waals surface area contributed by atoms with Gasteiger partial charge in [0, 0.05) is 11.5 Å². The number of aliphatic hydroxyl groups excluding tert-OH is 4. The van der Waals surface area contributed by atoms with Gasteiger partial charge in [0.05, 0.1) is 24.1 Å². The predicted molar refractivity (Wildman–Crippen MR) is 86.5 cm³/mol. The van der Waals surface area contributed by atoms with E-state index in [0.29, 0.717) is 6.07 Å². The van der Waals surface area contributed by atoms with Gasteiger partial charge in [0.1, 0.15) is 18.0 Å². The van der Waals surface area contributed by atoms with E-state index in [1.54, 1.807) is 0 Å². The topological polar surface area (TPSA) is 146 Å². The summed E-state index contributed by atoms with van der Waals surface area (Å²) in [4.78, 5) is 23.4. The van der Waals surface area contributed by atoms with Gasteiger partial charge >= 0.3 is 6.55 Å². The zero-order chi connectivity index (χ0) is 20.5. The van der Waals surface area contributed by atoms with E-state index in [2.05, 4.69) is 0 Å². The number of alkyl halides is 2. The summed E-state index contributed by atoms with van der Waals surface area (Å²) in [5.74, 6) is -3.95. The molecular weight excluding hydrogens is 372 g/mol. The Morgan fingerprint density at radius 2 is 1.78 bits per heavy atom. The van der Waals surface area contributed by atoms with Crippen molar-refractivity contribution < 1.29 is 38.4 Å². The number of carbonyl (C=O) groups is 1. The molecule has 8 nitrogen and oxygen atoms in total. The number of amides is 1. The van der Waals surface area contributed by atoms with E-state index >= 15 is 0 Å². The zero-order valence-electron chi connectivity index (χ0n) is 13.7. The minimum atomic E-state index is -3.31. The molecule has 0 saturated carbocycles. The molecule has 148 valence electrons. The van der Waals surface area contributed by atoms with Crippen molar-refractivity contribution in [3.05, 3.63) is 46.0 Å². The average Bonchev–Trinajstić information content (AvgIpc) is 2.59. The number of pyridine rings is 1. The van der Waals surface area contributed by atoms with Gasteiger partial charge in [-0.1, -0.05) is 6.07 Å². The number of aromatic nitrogens is 1. The molecule has 27 heavy (non-hydrogen) atoms. The maximum Gasteiger partial charge on any atom is 0.321 e. The molecule has 11 heteroatoms. The number of primary amides is 1. The van der Waals surface area contributed by atoms with Gasteiger partial charge in [0.2, 0.25) is 5.91 Å². The van der Waals surface area contributed by atoms with Gasteiger partial charge in [-0.3, -0.25) is 14.2 Å². The number of nitrogens with zero attached hydrogens (tertiary/aromatic N) is 1. The second-order valence-corrected chi connectivity index (χ2v) is 5.87. The van der Waals surface area contributed by atoms with E-state index in [1.807, 2.05) is 0 Å². The Labute approximate surface area is 149 Å². The fourth-order valence-corrected chi connectivity index (χ4v) is 2.78. The van der Waals surface area contributed by atoms with Crippen LogP contribution in [0.25, 0.3) is 10.9 Å². The third-order valence-electron chi connectivity index (χ3n) is 4.16. The van der Waals surface area contributed by atoms with Crippen LogP contribution in [0.1, 0.15) is 18.0 Å². The molecule has 2 aromatic rings. The van der Waals surface area contributed by atoms with Crippen molar-refractivity contribution in [2.45, 2.75) is 30.8 Å². The lowest BCUT2D eigenvalue weighted by Crippen LogP contribution is -2.46. The molecule has 1 aromatic carbocycles. The van der Waals surface area contributed by atoms with Crippen LogP contribution < -0.4 is 11.3 Å². The summed E-state index contributed by atoms with van der Waals surface area (Å²) < 4.78 is 40.3. The van der Waals surface area contributed by atoms with Crippen molar-refractivity contribution in [3.8, 4) is 0 Å². The Hall–Kier alpha value is -2.47. The first-order valence-corrected chi connectivity index (χ1v) is 7.67. The predicted octanol–water partition coefficient (Wildman–Crippen LogP) is -0.820. The number of nitrogens with two attached hydrogens (primary N) is 1. The SMILES string of the molecule is NC(=O)[C@H](c1ccc2c([18F])cc(=O)n(C(F)F)c2c1)[C@@H](O)[C@H](O)[C@H](O)CO. The molecule has 0 spiro atoms. The molecule has 0 radical (unpaired) electrons. The lowest BCUT2D eigenvalue weighted by Gasteiger charge is -2.27. The molecule has 0 aliphatic rings. The Morgan fingerprint density at radius 1 is 1.15 bits per heavy atom. The highest BCUT2D eigenvalue weighted by Gasteiger charge is 2.36. The smallest absolute Gasteiger partial charge is 0.321 e. The van der Waals surface area contributed by atoms with Crippen molar-refractivity contribution in [2.24, 2.45) is 5.73 Å². The van der Waals surface area contributed by atoms with Crippen LogP contribution in [0, 0.1) is 5.82 Å². The summed E-state index contributed by atoms with van der Waals surface area (Å²) in [7, 11) is 0. The average molecular weight is 389 g/mol. The number of aliphatic hydroxyl groups is 4.